The molecule has 0 radical (unpaired) electrons. The van der Waals surface area contributed by atoms with E-state index in [2.05, 4.69) is 34.4 Å². The fraction of sp³-hybridized carbons (Fsp3) is 0.407. The number of alkyl halides is 1. The highest BCUT2D eigenvalue weighted by Crippen LogP contribution is 2.41. The van der Waals surface area contributed by atoms with Gasteiger partial charge in [-0.1, -0.05) is 32.0 Å². The molecule has 0 amide bonds. The zero-order chi connectivity index (χ0) is 23.7. The number of Topliss-reactive ketones (excluding diaryl/α,β-unsaturated/α-hetero) is 1. The molecule has 1 fully saturated rings. The van der Waals surface area contributed by atoms with Crippen molar-refractivity contribution in [3.05, 3.63) is 59.9 Å². The van der Waals surface area contributed by atoms with E-state index in [9.17, 15) is 9.18 Å². The highest BCUT2D eigenvalue weighted by molar-refractivity contribution is 7.99. The van der Waals surface area contributed by atoms with Crippen LogP contribution in [0.15, 0.2) is 48.7 Å². The second-order valence-electron chi connectivity index (χ2n) is 9.62. The number of benzene rings is 1. The van der Waals surface area contributed by atoms with Crippen molar-refractivity contribution in [2.75, 3.05) is 22.9 Å². The number of para-hydroxylation sites is 1. The number of hydrogen-bond acceptors (Lipinski definition) is 5. The van der Waals surface area contributed by atoms with Gasteiger partial charge in [-0.15, -0.1) is 0 Å². The molecular formula is C27H31FN4OS. The molecule has 7 heteroatoms. The maximum Gasteiger partial charge on any atom is 0.167 e. The number of halogens is 1. The zero-order valence-electron chi connectivity index (χ0n) is 19.6. The molecule has 0 aliphatic heterocycles. The van der Waals surface area contributed by atoms with E-state index >= 15 is 0 Å². The average Bonchev–Trinajstić information content (AvgIpc) is 3.42. The first-order valence-corrected chi connectivity index (χ1v) is 13.1. The van der Waals surface area contributed by atoms with Gasteiger partial charge in [0, 0.05) is 42.0 Å². The summed E-state index contributed by atoms with van der Waals surface area (Å²) in [6.45, 7) is 4.98. The summed E-state index contributed by atoms with van der Waals surface area (Å²) < 4.78 is 13.3. The Hall–Kier alpha value is -2.80. The summed E-state index contributed by atoms with van der Waals surface area (Å²) in [4.78, 5) is 21.4. The van der Waals surface area contributed by atoms with Gasteiger partial charge in [0.05, 0.1) is 16.9 Å². The van der Waals surface area contributed by atoms with Gasteiger partial charge in [0.2, 0.25) is 0 Å². The minimum atomic E-state index is -0.694. The number of aromatic nitrogens is 2. The molecule has 178 valence electrons. The SMILES string of the molecule is CC(C)SCC1CC(=O)c2c([nH]c(-c3ccnc(NCC4C[C@@H]4F)c3)c2Nc2ccccc2)C1. The van der Waals surface area contributed by atoms with Crippen LogP contribution in [-0.4, -0.2) is 39.5 Å². The van der Waals surface area contributed by atoms with Gasteiger partial charge in [-0.05, 0) is 54.0 Å². The van der Waals surface area contributed by atoms with Crippen molar-refractivity contribution >= 4 is 34.7 Å². The molecule has 2 aromatic heterocycles. The van der Waals surface area contributed by atoms with Gasteiger partial charge >= 0.3 is 0 Å². The molecule has 2 aliphatic rings. The van der Waals surface area contributed by atoms with Crippen LogP contribution in [0.1, 0.15) is 42.7 Å². The van der Waals surface area contributed by atoms with Gasteiger partial charge in [-0.25, -0.2) is 9.37 Å². The van der Waals surface area contributed by atoms with Crippen molar-refractivity contribution in [2.24, 2.45) is 11.8 Å². The monoisotopic (exact) mass is 478 g/mol. The number of nitrogens with one attached hydrogen (secondary N) is 3. The summed E-state index contributed by atoms with van der Waals surface area (Å²) in [5.41, 5.74) is 5.37. The van der Waals surface area contributed by atoms with Gasteiger partial charge in [-0.2, -0.15) is 11.8 Å². The van der Waals surface area contributed by atoms with Crippen LogP contribution in [0.2, 0.25) is 0 Å². The number of carbonyl (C=O) groups excluding carboxylic acids is 1. The van der Waals surface area contributed by atoms with Crippen molar-refractivity contribution in [3.63, 3.8) is 0 Å². The van der Waals surface area contributed by atoms with Crippen LogP contribution in [0.3, 0.4) is 0 Å². The molecule has 5 rings (SSSR count). The second kappa shape index (κ2) is 9.82. The molecule has 1 aromatic carbocycles. The highest BCUT2D eigenvalue weighted by Gasteiger charge is 2.37. The minimum absolute atomic E-state index is 0.0804. The number of anilines is 3. The Balaban J connectivity index is 1.48. The van der Waals surface area contributed by atoms with E-state index in [0.29, 0.717) is 36.4 Å². The number of nitrogens with zero attached hydrogens (tertiary/aromatic N) is 1. The molecule has 3 aromatic rings. The molecule has 2 unspecified atom stereocenters. The summed E-state index contributed by atoms with van der Waals surface area (Å²) >= 11 is 1.91. The topological polar surface area (TPSA) is 69.8 Å². The number of thioether (sulfide) groups is 1. The maximum absolute atomic E-state index is 13.3. The van der Waals surface area contributed by atoms with Crippen LogP contribution < -0.4 is 10.6 Å². The molecule has 0 saturated heterocycles. The van der Waals surface area contributed by atoms with E-state index in [-0.39, 0.29) is 11.7 Å². The summed E-state index contributed by atoms with van der Waals surface area (Å²) in [5.74, 6) is 2.31. The Labute approximate surface area is 204 Å². The first kappa shape index (κ1) is 23.0. The molecular weight excluding hydrogens is 447 g/mol. The van der Waals surface area contributed by atoms with E-state index < -0.39 is 6.17 Å². The summed E-state index contributed by atoms with van der Waals surface area (Å²) in [5, 5.41) is 7.33. The standard InChI is InChI=1S/C27H31FN4OS/c1-16(2)34-15-17-10-22-25(23(33)11-17)27(31-20-6-4-3-5-7-20)26(32-22)18-8-9-29-24(13-18)30-14-19-12-21(19)28/h3-9,13,16-17,19,21,31-32H,10-12,14-15H2,1-2H3,(H,29,30)/t17?,19?,21-/m0/s1. The van der Waals surface area contributed by atoms with Gasteiger partial charge in [0.1, 0.15) is 12.0 Å². The van der Waals surface area contributed by atoms with Crippen LogP contribution in [0.25, 0.3) is 11.3 Å². The predicted octanol–water partition coefficient (Wildman–Crippen LogP) is 6.48. The summed E-state index contributed by atoms with van der Waals surface area (Å²) in [7, 11) is 0. The van der Waals surface area contributed by atoms with Gasteiger partial charge in [0.25, 0.3) is 0 Å². The summed E-state index contributed by atoms with van der Waals surface area (Å²) in [6, 6.07) is 13.9. The van der Waals surface area contributed by atoms with E-state index in [1.54, 1.807) is 6.20 Å². The second-order valence-corrected chi connectivity index (χ2v) is 11.2. The Morgan fingerprint density at radius 2 is 2.00 bits per heavy atom. The van der Waals surface area contributed by atoms with Crippen molar-refractivity contribution in [3.8, 4) is 11.3 Å². The number of pyridine rings is 1. The summed E-state index contributed by atoms with van der Waals surface area (Å²) in [6.07, 6.45) is 3.12. The van der Waals surface area contributed by atoms with Crippen molar-refractivity contribution < 1.29 is 9.18 Å². The predicted molar refractivity (Wildman–Crippen MR) is 139 cm³/mol. The Kier molecular flexibility index (Phi) is 6.63. The number of aromatic amines is 1. The fourth-order valence-corrected chi connectivity index (χ4v) is 5.42. The molecule has 1 saturated carbocycles. The van der Waals surface area contributed by atoms with Crippen LogP contribution in [-0.2, 0) is 6.42 Å². The maximum atomic E-state index is 13.3. The zero-order valence-corrected chi connectivity index (χ0v) is 20.4. The first-order valence-electron chi connectivity index (χ1n) is 12.0. The third kappa shape index (κ3) is 5.14. The van der Waals surface area contributed by atoms with E-state index in [1.807, 2.05) is 54.2 Å². The quantitative estimate of drug-likeness (QED) is 0.328. The third-order valence-corrected chi connectivity index (χ3v) is 7.79. The lowest BCUT2D eigenvalue weighted by Crippen LogP contribution is -2.22. The van der Waals surface area contributed by atoms with Crippen LogP contribution in [0, 0.1) is 11.8 Å². The highest BCUT2D eigenvalue weighted by atomic mass is 32.2. The minimum Gasteiger partial charge on any atom is -0.370 e. The van der Waals surface area contributed by atoms with E-state index in [4.69, 9.17) is 0 Å². The van der Waals surface area contributed by atoms with Gasteiger partial charge in [0.15, 0.2) is 5.78 Å². The Bertz CT molecular complexity index is 1160. The van der Waals surface area contributed by atoms with Crippen LogP contribution in [0.5, 0.6) is 0 Å². The van der Waals surface area contributed by atoms with Crippen LogP contribution >= 0.6 is 11.8 Å². The fourth-order valence-electron chi connectivity index (χ4n) is 4.53. The largest absolute Gasteiger partial charge is 0.370 e. The molecule has 2 aliphatic carbocycles. The van der Waals surface area contributed by atoms with Crippen molar-refractivity contribution in [1.82, 2.24) is 9.97 Å². The number of fused-ring (bicyclic) bond motifs is 1. The van der Waals surface area contributed by atoms with Gasteiger partial charge < -0.3 is 15.6 Å². The smallest absolute Gasteiger partial charge is 0.167 e. The normalized spacial score (nSPS) is 21.4. The number of ketones is 1. The van der Waals surface area contributed by atoms with E-state index in [1.165, 1.54) is 0 Å². The molecule has 3 N–H and O–H groups in total. The van der Waals surface area contributed by atoms with Gasteiger partial charge in [-0.3, -0.25) is 4.79 Å². The number of carbonyl (C=O) groups is 1. The molecule has 3 atom stereocenters. The Morgan fingerprint density at radius 1 is 1.21 bits per heavy atom. The van der Waals surface area contributed by atoms with Crippen molar-refractivity contribution in [2.45, 2.75) is 44.5 Å². The van der Waals surface area contributed by atoms with E-state index in [0.717, 1.165) is 46.1 Å². The molecule has 2 heterocycles. The lowest BCUT2D eigenvalue weighted by molar-refractivity contribution is 0.0955. The van der Waals surface area contributed by atoms with Crippen molar-refractivity contribution in [1.29, 1.82) is 0 Å². The molecule has 34 heavy (non-hydrogen) atoms. The number of rotatable bonds is 9. The lowest BCUT2D eigenvalue weighted by atomic mass is 9.87. The third-order valence-electron chi connectivity index (χ3n) is 6.46. The first-order chi connectivity index (χ1) is 16.5. The molecule has 0 spiro atoms. The lowest BCUT2D eigenvalue weighted by Gasteiger charge is -2.22. The molecule has 5 nitrogen and oxygen atoms in total. The number of H-pyrrole nitrogens is 1. The average molecular weight is 479 g/mol. The number of hydrogen-bond donors (Lipinski definition) is 3. The molecule has 0 bridgehead atoms. The Morgan fingerprint density at radius 3 is 2.74 bits per heavy atom. The van der Waals surface area contributed by atoms with Crippen LogP contribution in [0.4, 0.5) is 21.6 Å².